The van der Waals surface area contributed by atoms with Gasteiger partial charge in [0.15, 0.2) is 5.11 Å². The highest BCUT2D eigenvalue weighted by Gasteiger charge is 2.10. The van der Waals surface area contributed by atoms with E-state index in [1.165, 1.54) is 11.6 Å². The molecular weight excluding hydrogens is 308 g/mol. The summed E-state index contributed by atoms with van der Waals surface area (Å²) in [5.74, 6) is 0.720. The second-order valence-corrected chi connectivity index (χ2v) is 5.60. The lowest BCUT2D eigenvalue weighted by atomic mass is 9.97. The van der Waals surface area contributed by atoms with Crippen molar-refractivity contribution in [3.63, 3.8) is 0 Å². The molecule has 120 valence electrons. The molecule has 1 amide bonds. The van der Waals surface area contributed by atoms with E-state index >= 15 is 0 Å². The molecule has 0 saturated heterocycles. The molecule has 1 aromatic heterocycles. The normalized spacial score (nSPS) is 12.1. The molecule has 2 N–H and O–H groups in total. The lowest BCUT2D eigenvalue weighted by Gasteiger charge is -2.16. The molecule has 0 spiro atoms. The first-order valence-electron chi connectivity index (χ1n) is 7.52. The molecule has 0 bridgehead atoms. The highest BCUT2D eigenvalue weighted by molar-refractivity contribution is 7.80. The van der Waals surface area contributed by atoms with E-state index in [4.69, 9.17) is 16.6 Å². The second kappa shape index (κ2) is 8.29. The molecule has 0 aliphatic rings. The van der Waals surface area contributed by atoms with Crippen LogP contribution in [-0.2, 0) is 4.79 Å². The number of nitrogens with one attached hydrogen (secondary N) is 2. The molecule has 5 heteroatoms. The third-order valence-electron chi connectivity index (χ3n) is 3.53. The van der Waals surface area contributed by atoms with Crippen molar-refractivity contribution in [3.05, 3.63) is 60.1 Å². The summed E-state index contributed by atoms with van der Waals surface area (Å²) in [5.41, 5.74) is 2.10. The van der Waals surface area contributed by atoms with Crippen molar-refractivity contribution in [2.45, 2.75) is 26.2 Å². The van der Waals surface area contributed by atoms with Crippen LogP contribution in [0.4, 0.5) is 5.69 Å². The number of benzene rings is 1. The summed E-state index contributed by atoms with van der Waals surface area (Å²) in [6.45, 7) is 4.30. The summed E-state index contributed by atoms with van der Waals surface area (Å²) in [5, 5.41) is 5.99. The first kappa shape index (κ1) is 17.0. The van der Waals surface area contributed by atoms with Gasteiger partial charge in [0.25, 0.3) is 0 Å². The predicted molar refractivity (Wildman–Crippen MR) is 97.3 cm³/mol. The topological polar surface area (TPSA) is 54.3 Å². The van der Waals surface area contributed by atoms with Crippen LogP contribution in [0.1, 0.15) is 37.5 Å². The average Bonchev–Trinajstić information content (AvgIpc) is 3.06. The zero-order chi connectivity index (χ0) is 16.7. The van der Waals surface area contributed by atoms with Gasteiger partial charge in [-0.05, 0) is 54.4 Å². The molecule has 1 atom stereocenters. The van der Waals surface area contributed by atoms with Crippen LogP contribution in [0.25, 0.3) is 6.08 Å². The van der Waals surface area contributed by atoms with E-state index in [0.717, 1.165) is 12.1 Å². The van der Waals surface area contributed by atoms with Crippen molar-refractivity contribution in [2.24, 2.45) is 0 Å². The van der Waals surface area contributed by atoms with E-state index in [-0.39, 0.29) is 11.0 Å². The van der Waals surface area contributed by atoms with Crippen molar-refractivity contribution < 1.29 is 9.21 Å². The van der Waals surface area contributed by atoms with E-state index in [1.54, 1.807) is 24.5 Å². The fraction of sp³-hybridized carbons (Fsp3) is 0.222. The van der Waals surface area contributed by atoms with Crippen LogP contribution in [-0.4, -0.2) is 11.0 Å². The van der Waals surface area contributed by atoms with Gasteiger partial charge >= 0.3 is 0 Å². The summed E-state index contributed by atoms with van der Waals surface area (Å²) in [6.07, 6.45) is 5.55. The van der Waals surface area contributed by atoms with Crippen molar-refractivity contribution in [1.29, 1.82) is 0 Å². The Balaban J connectivity index is 1.96. The number of carbonyl (C=O) groups excluding carboxylic acids is 1. The quantitative estimate of drug-likeness (QED) is 0.634. The number of hydrogen-bond donors (Lipinski definition) is 2. The fourth-order valence-electron chi connectivity index (χ4n) is 2.11. The Morgan fingerprint density at radius 2 is 2.09 bits per heavy atom. The zero-order valence-electron chi connectivity index (χ0n) is 13.2. The van der Waals surface area contributed by atoms with Gasteiger partial charge in [0.1, 0.15) is 5.76 Å². The molecule has 0 radical (unpaired) electrons. The molecule has 2 rings (SSSR count). The predicted octanol–water partition coefficient (Wildman–Crippen LogP) is 4.32. The smallest absolute Gasteiger partial charge is 0.250 e. The lowest BCUT2D eigenvalue weighted by molar-refractivity contribution is -0.115. The number of anilines is 1. The number of amides is 1. The molecule has 4 nitrogen and oxygen atoms in total. The molecular formula is C18H20N2O2S. The molecule has 1 heterocycles. The standard InChI is InChI=1S/C18H20N2O2S/c1-3-13(2)15-8-4-5-9-16(15)19-18(23)20-17(21)11-10-14-7-6-12-22-14/h4-13H,3H2,1-2H3,(H2,19,20,21,23)/b11-10+. The molecule has 0 aliphatic carbocycles. The molecule has 0 fully saturated rings. The SMILES string of the molecule is CCC(C)c1ccccc1NC(=S)NC(=O)/C=C/c1ccco1. The zero-order valence-corrected chi connectivity index (χ0v) is 14.0. The molecule has 1 aromatic carbocycles. The van der Waals surface area contributed by atoms with Gasteiger partial charge in [-0.25, -0.2) is 0 Å². The van der Waals surface area contributed by atoms with Gasteiger partial charge in [0, 0.05) is 11.8 Å². The summed E-state index contributed by atoms with van der Waals surface area (Å²) >= 11 is 5.21. The molecule has 23 heavy (non-hydrogen) atoms. The maximum atomic E-state index is 11.8. The number of hydrogen-bond acceptors (Lipinski definition) is 3. The maximum absolute atomic E-state index is 11.8. The Hall–Kier alpha value is -2.40. The summed E-state index contributed by atoms with van der Waals surface area (Å²) in [4.78, 5) is 11.8. The fourth-order valence-corrected chi connectivity index (χ4v) is 2.32. The Morgan fingerprint density at radius 3 is 2.78 bits per heavy atom. The number of thiocarbonyl (C=S) groups is 1. The van der Waals surface area contributed by atoms with Crippen LogP contribution in [0.2, 0.25) is 0 Å². The molecule has 2 aromatic rings. The van der Waals surface area contributed by atoms with Gasteiger partial charge in [-0.15, -0.1) is 0 Å². The minimum absolute atomic E-state index is 0.273. The Morgan fingerprint density at radius 1 is 1.30 bits per heavy atom. The third kappa shape index (κ3) is 5.07. The van der Waals surface area contributed by atoms with Crippen molar-refractivity contribution in [1.82, 2.24) is 5.32 Å². The van der Waals surface area contributed by atoms with Crippen LogP contribution in [0.5, 0.6) is 0 Å². The van der Waals surface area contributed by atoms with Crippen LogP contribution >= 0.6 is 12.2 Å². The van der Waals surface area contributed by atoms with Crippen LogP contribution in [0.15, 0.2) is 53.2 Å². The van der Waals surface area contributed by atoms with Crippen molar-refractivity contribution >= 4 is 35.0 Å². The molecule has 0 aliphatic heterocycles. The maximum Gasteiger partial charge on any atom is 0.250 e. The van der Waals surface area contributed by atoms with Crippen LogP contribution < -0.4 is 10.6 Å². The summed E-state index contributed by atoms with van der Waals surface area (Å²) in [6, 6.07) is 11.5. The van der Waals surface area contributed by atoms with Gasteiger partial charge in [0.05, 0.1) is 6.26 Å². The van der Waals surface area contributed by atoms with Gasteiger partial charge in [-0.1, -0.05) is 32.0 Å². The van der Waals surface area contributed by atoms with E-state index in [9.17, 15) is 4.79 Å². The van der Waals surface area contributed by atoms with Crippen LogP contribution in [0, 0.1) is 0 Å². The number of furan rings is 1. The highest BCUT2D eigenvalue weighted by atomic mass is 32.1. The van der Waals surface area contributed by atoms with Crippen molar-refractivity contribution in [2.75, 3.05) is 5.32 Å². The Labute approximate surface area is 141 Å². The van der Waals surface area contributed by atoms with E-state index < -0.39 is 0 Å². The van der Waals surface area contributed by atoms with Crippen molar-refractivity contribution in [3.8, 4) is 0 Å². The Bertz CT molecular complexity index is 693. The van der Waals surface area contributed by atoms with Gasteiger partial charge in [0.2, 0.25) is 5.91 Å². The van der Waals surface area contributed by atoms with E-state index in [0.29, 0.717) is 11.7 Å². The van der Waals surface area contributed by atoms with Crippen LogP contribution in [0.3, 0.4) is 0 Å². The third-order valence-corrected chi connectivity index (χ3v) is 3.74. The number of rotatable bonds is 5. The highest BCUT2D eigenvalue weighted by Crippen LogP contribution is 2.26. The second-order valence-electron chi connectivity index (χ2n) is 5.19. The van der Waals surface area contributed by atoms with Gasteiger partial charge in [-0.2, -0.15) is 0 Å². The molecule has 1 unspecified atom stereocenters. The molecule has 0 saturated carbocycles. The summed E-state index contributed by atoms with van der Waals surface area (Å²) in [7, 11) is 0. The first-order chi connectivity index (χ1) is 11.1. The van der Waals surface area contributed by atoms with E-state index in [1.807, 2.05) is 18.2 Å². The van der Waals surface area contributed by atoms with Gasteiger partial charge in [-0.3, -0.25) is 10.1 Å². The largest absolute Gasteiger partial charge is 0.465 e. The number of para-hydroxylation sites is 1. The monoisotopic (exact) mass is 328 g/mol. The Kier molecular flexibility index (Phi) is 6.11. The average molecular weight is 328 g/mol. The van der Waals surface area contributed by atoms with Gasteiger partial charge < -0.3 is 9.73 Å². The number of carbonyl (C=O) groups is 1. The summed E-state index contributed by atoms with van der Waals surface area (Å²) < 4.78 is 5.12. The van der Waals surface area contributed by atoms with E-state index in [2.05, 4.69) is 30.5 Å². The minimum Gasteiger partial charge on any atom is -0.465 e. The minimum atomic E-state index is -0.306. The first-order valence-corrected chi connectivity index (χ1v) is 7.93. The lowest BCUT2D eigenvalue weighted by Crippen LogP contribution is -2.33.